The maximum absolute atomic E-state index is 6.23. The van der Waals surface area contributed by atoms with Crippen molar-refractivity contribution >= 4 is 23.2 Å². The lowest BCUT2D eigenvalue weighted by Crippen LogP contribution is -2.12. The molecule has 112 valence electrons. The van der Waals surface area contributed by atoms with E-state index in [1.807, 2.05) is 37.3 Å². The molecule has 0 unspecified atom stereocenters. The molecular formula is C17H19Cl2NO. The molecule has 0 aliphatic heterocycles. The number of halogens is 2. The summed E-state index contributed by atoms with van der Waals surface area (Å²) in [5.74, 6) is 0.576. The smallest absolute Gasteiger partial charge is 0.156 e. The number of hydrogen-bond acceptors (Lipinski definition) is 2. The Bertz CT molecular complexity index is 549. The molecule has 0 heterocycles. The molecule has 2 aromatic carbocycles. The van der Waals surface area contributed by atoms with Crippen molar-refractivity contribution in [1.29, 1.82) is 0 Å². The van der Waals surface area contributed by atoms with E-state index in [0.717, 1.165) is 18.5 Å². The summed E-state index contributed by atoms with van der Waals surface area (Å²) in [6.07, 6.45) is 0.924. The van der Waals surface area contributed by atoms with E-state index in [-0.39, 0.29) is 0 Å². The summed E-state index contributed by atoms with van der Waals surface area (Å²) in [6.45, 7) is 4.18. The Morgan fingerprint density at radius 2 is 1.57 bits per heavy atom. The molecule has 0 fully saturated rings. The molecule has 0 amide bonds. The van der Waals surface area contributed by atoms with Gasteiger partial charge in [0, 0.05) is 13.1 Å². The second kappa shape index (κ2) is 8.28. The molecule has 0 spiro atoms. The van der Waals surface area contributed by atoms with Crippen LogP contribution in [0.25, 0.3) is 0 Å². The summed E-state index contributed by atoms with van der Waals surface area (Å²) >= 11 is 12.5. The van der Waals surface area contributed by atoms with Crippen LogP contribution in [0.3, 0.4) is 0 Å². The van der Waals surface area contributed by atoms with E-state index in [2.05, 4.69) is 17.4 Å². The molecule has 0 aliphatic rings. The van der Waals surface area contributed by atoms with Gasteiger partial charge in [-0.1, -0.05) is 60.5 Å². The third kappa shape index (κ3) is 4.92. The first-order valence-corrected chi connectivity index (χ1v) is 7.81. The summed E-state index contributed by atoms with van der Waals surface area (Å²) in [4.78, 5) is 0. The molecule has 0 radical (unpaired) electrons. The normalized spacial score (nSPS) is 10.6. The first-order valence-electron chi connectivity index (χ1n) is 7.06. The van der Waals surface area contributed by atoms with Gasteiger partial charge in [0.15, 0.2) is 5.75 Å². The molecule has 0 aliphatic carbocycles. The van der Waals surface area contributed by atoms with Crippen LogP contribution in [0, 0.1) is 0 Å². The van der Waals surface area contributed by atoms with Crippen LogP contribution in [0.15, 0.2) is 42.5 Å². The quantitative estimate of drug-likeness (QED) is 0.767. The van der Waals surface area contributed by atoms with Crippen molar-refractivity contribution in [2.24, 2.45) is 0 Å². The van der Waals surface area contributed by atoms with Gasteiger partial charge in [0.1, 0.15) is 0 Å². The van der Waals surface area contributed by atoms with Crippen LogP contribution in [0.4, 0.5) is 0 Å². The Balaban J connectivity index is 1.95. The Hall–Kier alpha value is -1.22. The number of benzene rings is 2. The standard InChI is InChI=1S/C17H19Cl2NO/c1-2-8-21-17-15(18)9-14(10-16(17)19)12-20-11-13-6-4-3-5-7-13/h3-7,9-10,20H,2,8,11-12H2,1H3. The zero-order valence-corrected chi connectivity index (χ0v) is 13.5. The fraction of sp³-hybridized carbons (Fsp3) is 0.294. The van der Waals surface area contributed by atoms with Gasteiger partial charge in [-0.2, -0.15) is 0 Å². The second-order valence-electron chi connectivity index (χ2n) is 4.83. The summed E-state index contributed by atoms with van der Waals surface area (Å²) in [5.41, 5.74) is 2.29. The molecule has 2 rings (SSSR count). The molecule has 0 atom stereocenters. The summed E-state index contributed by atoms with van der Waals surface area (Å²) in [6, 6.07) is 14.1. The summed E-state index contributed by atoms with van der Waals surface area (Å²) in [7, 11) is 0. The fourth-order valence-electron chi connectivity index (χ4n) is 2.00. The van der Waals surface area contributed by atoms with E-state index >= 15 is 0 Å². The van der Waals surface area contributed by atoms with Gasteiger partial charge in [0.2, 0.25) is 0 Å². The predicted octanol–water partition coefficient (Wildman–Crippen LogP) is 5.07. The van der Waals surface area contributed by atoms with E-state index < -0.39 is 0 Å². The minimum absolute atomic E-state index is 0.562. The molecule has 0 aromatic heterocycles. The van der Waals surface area contributed by atoms with Crippen LogP contribution in [-0.2, 0) is 13.1 Å². The summed E-state index contributed by atoms with van der Waals surface area (Å²) < 4.78 is 5.56. The molecule has 21 heavy (non-hydrogen) atoms. The van der Waals surface area contributed by atoms with E-state index in [9.17, 15) is 0 Å². The topological polar surface area (TPSA) is 21.3 Å². The maximum Gasteiger partial charge on any atom is 0.156 e. The lowest BCUT2D eigenvalue weighted by atomic mass is 10.2. The van der Waals surface area contributed by atoms with Crippen molar-refractivity contribution in [2.45, 2.75) is 26.4 Å². The number of hydrogen-bond donors (Lipinski definition) is 1. The first kappa shape index (κ1) is 16.2. The Labute approximate surface area is 136 Å². The average Bonchev–Trinajstić information content (AvgIpc) is 2.48. The van der Waals surface area contributed by atoms with Crippen molar-refractivity contribution in [3.8, 4) is 5.75 Å². The highest BCUT2D eigenvalue weighted by Gasteiger charge is 2.09. The SMILES string of the molecule is CCCOc1c(Cl)cc(CNCc2ccccc2)cc1Cl. The van der Waals surface area contributed by atoms with Crippen molar-refractivity contribution < 1.29 is 4.74 Å². The van der Waals surface area contributed by atoms with Crippen LogP contribution in [0.1, 0.15) is 24.5 Å². The van der Waals surface area contributed by atoms with E-state index in [1.54, 1.807) is 0 Å². The van der Waals surface area contributed by atoms with E-state index in [1.165, 1.54) is 5.56 Å². The monoisotopic (exact) mass is 323 g/mol. The van der Waals surface area contributed by atoms with Gasteiger partial charge < -0.3 is 10.1 Å². The largest absolute Gasteiger partial charge is 0.490 e. The molecule has 0 saturated heterocycles. The van der Waals surface area contributed by atoms with Gasteiger partial charge in [-0.3, -0.25) is 0 Å². The molecule has 4 heteroatoms. The van der Waals surface area contributed by atoms with Crippen molar-refractivity contribution in [3.63, 3.8) is 0 Å². The minimum atomic E-state index is 0.562. The molecule has 1 N–H and O–H groups in total. The number of rotatable bonds is 7. The van der Waals surface area contributed by atoms with Gasteiger partial charge in [-0.05, 0) is 29.7 Å². The van der Waals surface area contributed by atoms with Gasteiger partial charge in [0.05, 0.1) is 16.7 Å². The first-order chi connectivity index (χ1) is 10.2. The lowest BCUT2D eigenvalue weighted by molar-refractivity contribution is 0.317. The predicted molar refractivity (Wildman–Crippen MR) is 89.2 cm³/mol. The fourth-order valence-corrected chi connectivity index (χ4v) is 2.64. The average molecular weight is 324 g/mol. The van der Waals surface area contributed by atoms with Crippen LogP contribution >= 0.6 is 23.2 Å². The third-order valence-electron chi connectivity index (χ3n) is 3.01. The zero-order chi connectivity index (χ0) is 15.1. The van der Waals surface area contributed by atoms with Crippen LogP contribution < -0.4 is 10.1 Å². The highest BCUT2D eigenvalue weighted by Crippen LogP contribution is 2.34. The van der Waals surface area contributed by atoms with E-state index in [4.69, 9.17) is 27.9 Å². The van der Waals surface area contributed by atoms with Gasteiger partial charge in [0.25, 0.3) is 0 Å². The molecule has 0 bridgehead atoms. The minimum Gasteiger partial charge on any atom is -0.490 e. The number of nitrogens with one attached hydrogen (secondary N) is 1. The summed E-state index contributed by atoms with van der Waals surface area (Å²) in [5, 5.41) is 4.50. The Morgan fingerprint density at radius 3 is 2.19 bits per heavy atom. The van der Waals surface area contributed by atoms with Gasteiger partial charge >= 0.3 is 0 Å². The zero-order valence-electron chi connectivity index (χ0n) is 12.0. The van der Waals surface area contributed by atoms with E-state index in [0.29, 0.717) is 28.9 Å². The molecule has 2 aromatic rings. The van der Waals surface area contributed by atoms with Crippen LogP contribution in [0.2, 0.25) is 10.0 Å². The second-order valence-corrected chi connectivity index (χ2v) is 5.64. The number of ether oxygens (including phenoxy) is 1. The van der Waals surface area contributed by atoms with Crippen LogP contribution in [0.5, 0.6) is 5.75 Å². The molecule has 0 saturated carbocycles. The third-order valence-corrected chi connectivity index (χ3v) is 3.57. The van der Waals surface area contributed by atoms with Crippen molar-refractivity contribution in [2.75, 3.05) is 6.61 Å². The van der Waals surface area contributed by atoms with Crippen molar-refractivity contribution in [3.05, 3.63) is 63.6 Å². The lowest BCUT2D eigenvalue weighted by Gasteiger charge is -2.12. The maximum atomic E-state index is 6.23. The van der Waals surface area contributed by atoms with Crippen molar-refractivity contribution in [1.82, 2.24) is 5.32 Å². The molecular weight excluding hydrogens is 305 g/mol. The molecule has 2 nitrogen and oxygen atoms in total. The highest BCUT2D eigenvalue weighted by molar-refractivity contribution is 6.37. The van der Waals surface area contributed by atoms with Gasteiger partial charge in [-0.25, -0.2) is 0 Å². The highest BCUT2D eigenvalue weighted by atomic mass is 35.5. The Morgan fingerprint density at radius 1 is 0.952 bits per heavy atom. The van der Waals surface area contributed by atoms with Gasteiger partial charge in [-0.15, -0.1) is 0 Å². The van der Waals surface area contributed by atoms with Crippen LogP contribution in [-0.4, -0.2) is 6.61 Å². The Kier molecular flexibility index (Phi) is 6.37.